The van der Waals surface area contributed by atoms with Gasteiger partial charge in [0.2, 0.25) is 0 Å². The number of rotatable bonds is 10. The van der Waals surface area contributed by atoms with Crippen molar-refractivity contribution in [3.05, 3.63) is 23.8 Å². The highest BCUT2D eigenvalue weighted by molar-refractivity contribution is 5.79. The Morgan fingerprint density at radius 1 is 1.24 bits per heavy atom. The Hall–Kier alpha value is -2.09. The molecule has 2 N–H and O–H groups in total. The van der Waals surface area contributed by atoms with Crippen molar-refractivity contribution in [2.45, 2.75) is 51.7 Å². The predicted molar refractivity (Wildman–Crippen MR) is 112 cm³/mol. The van der Waals surface area contributed by atoms with Crippen LogP contribution in [0, 0.1) is 0 Å². The summed E-state index contributed by atoms with van der Waals surface area (Å²) in [4.78, 5) is 6.80. The number of hydrogen-bond acceptors (Lipinski definition) is 4. The molecule has 0 bridgehead atoms. The summed E-state index contributed by atoms with van der Waals surface area (Å²) in [6, 6.07) is 5.75. The molecule has 1 aromatic carbocycles. The van der Waals surface area contributed by atoms with Gasteiger partial charge in [0.25, 0.3) is 0 Å². The number of aliphatic imine (C=N–C) groups is 1. The number of methoxy groups -OCH3 is 1. The van der Waals surface area contributed by atoms with Crippen LogP contribution in [0.4, 0.5) is 8.78 Å². The van der Waals surface area contributed by atoms with Gasteiger partial charge >= 0.3 is 6.61 Å². The van der Waals surface area contributed by atoms with Gasteiger partial charge in [-0.05, 0) is 56.8 Å². The van der Waals surface area contributed by atoms with E-state index < -0.39 is 6.61 Å². The molecule has 6 nitrogen and oxygen atoms in total. The third kappa shape index (κ3) is 8.04. The van der Waals surface area contributed by atoms with E-state index in [0.29, 0.717) is 24.8 Å². The number of benzene rings is 1. The summed E-state index contributed by atoms with van der Waals surface area (Å²) in [5.41, 5.74) is 0.878. The fourth-order valence-electron chi connectivity index (χ4n) is 3.59. The van der Waals surface area contributed by atoms with Crippen LogP contribution >= 0.6 is 0 Å². The van der Waals surface area contributed by atoms with Gasteiger partial charge < -0.3 is 25.0 Å². The van der Waals surface area contributed by atoms with Crippen molar-refractivity contribution in [1.29, 1.82) is 0 Å². The molecule has 1 unspecified atom stereocenters. The Bertz CT molecular complexity index is 643. The number of ether oxygens (including phenoxy) is 2. The number of nitrogens with zero attached hydrogens (tertiary/aromatic N) is 2. The molecule has 8 heteroatoms. The number of hydrogen-bond donors (Lipinski definition) is 2. The average molecular weight is 413 g/mol. The monoisotopic (exact) mass is 412 g/mol. The van der Waals surface area contributed by atoms with Crippen LogP contribution in [-0.2, 0) is 6.42 Å². The van der Waals surface area contributed by atoms with Gasteiger partial charge in [-0.3, -0.25) is 4.99 Å². The Morgan fingerprint density at radius 2 is 2.03 bits per heavy atom. The molecule has 1 fully saturated rings. The lowest BCUT2D eigenvalue weighted by Gasteiger charge is -2.33. The Balaban J connectivity index is 1.71. The second-order valence-electron chi connectivity index (χ2n) is 7.27. The lowest BCUT2D eigenvalue weighted by Crippen LogP contribution is -2.41. The van der Waals surface area contributed by atoms with Gasteiger partial charge in [0, 0.05) is 32.7 Å². The van der Waals surface area contributed by atoms with Crippen LogP contribution in [0.25, 0.3) is 0 Å². The van der Waals surface area contributed by atoms with E-state index in [0.717, 1.165) is 31.0 Å². The van der Waals surface area contributed by atoms with Crippen LogP contribution in [0.5, 0.6) is 11.5 Å². The highest BCUT2D eigenvalue weighted by Gasteiger charge is 2.17. The zero-order chi connectivity index (χ0) is 21.1. The minimum atomic E-state index is -2.88. The molecule has 0 aliphatic carbocycles. The average Bonchev–Trinajstić information content (AvgIpc) is 2.70. The second-order valence-corrected chi connectivity index (χ2v) is 7.27. The molecule has 1 aliphatic rings. The molecular formula is C21H34F2N4O2. The number of guanidine groups is 1. The first-order valence-electron chi connectivity index (χ1n) is 10.3. The third-order valence-electron chi connectivity index (χ3n) is 5.23. The van der Waals surface area contributed by atoms with Gasteiger partial charge in [0.1, 0.15) is 0 Å². The fraction of sp³-hybridized carbons (Fsp3) is 0.667. The molecule has 164 valence electrons. The van der Waals surface area contributed by atoms with Gasteiger partial charge in [0.05, 0.1) is 7.11 Å². The zero-order valence-electron chi connectivity index (χ0n) is 17.7. The van der Waals surface area contributed by atoms with Crippen molar-refractivity contribution in [1.82, 2.24) is 15.5 Å². The molecule has 0 amide bonds. The van der Waals surface area contributed by atoms with E-state index in [1.165, 1.54) is 32.9 Å². The summed E-state index contributed by atoms with van der Waals surface area (Å²) < 4.78 is 34.7. The van der Waals surface area contributed by atoms with Crippen LogP contribution in [0.1, 0.15) is 38.2 Å². The molecule has 0 aromatic heterocycles. The van der Waals surface area contributed by atoms with Gasteiger partial charge in [-0.25, -0.2) is 0 Å². The van der Waals surface area contributed by atoms with E-state index in [1.807, 2.05) is 6.07 Å². The Morgan fingerprint density at radius 3 is 2.72 bits per heavy atom. The Labute approximate surface area is 172 Å². The molecule has 0 radical (unpaired) electrons. The number of nitrogens with one attached hydrogen (secondary N) is 2. The van der Waals surface area contributed by atoms with E-state index in [9.17, 15) is 8.78 Å². The molecule has 1 heterocycles. The predicted octanol–water partition coefficient (Wildman–Crippen LogP) is 3.27. The minimum Gasteiger partial charge on any atom is -0.493 e. The number of likely N-dealkylation sites (tertiary alicyclic amines) is 1. The van der Waals surface area contributed by atoms with Crippen molar-refractivity contribution in [3.63, 3.8) is 0 Å². The van der Waals surface area contributed by atoms with E-state index in [4.69, 9.17) is 4.74 Å². The van der Waals surface area contributed by atoms with Crippen LogP contribution in [0.2, 0.25) is 0 Å². The number of alkyl halides is 2. The molecule has 1 atom stereocenters. The summed E-state index contributed by atoms with van der Waals surface area (Å²) in [6.45, 7) is 3.22. The summed E-state index contributed by atoms with van der Waals surface area (Å²) in [5, 5.41) is 6.59. The SMILES string of the molecule is CN=C(NCCCN1CCCCC1C)NCCc1ccc(OC)c(OC(F)F)c1. The van der Waals surface area contributed by atoms with Crippen molar-refractivity contribution < 1.29 is 18.3 Å². The highest BCUT2D eigenvalue weighted by Crippen LogP contribution is 2.29. The molecule has 0 saturated carbocycles. The molecule has 29 heavy (non-hydrogen) atoms. The largest absolute Gasteiger partial charge is 0.493 e. The molecule has 1 aliphatic heterocycles. The van der Waals surface area contributed by atoms with Gasteiger partial charge in [0.15, 0.2) is 17.5 Å². The van der Waals surface area contributed by atoms with Crippen molar-refractivity contribution in [3.8, 4) is 11.5 Å². The maximum Gasteiger partial charge on any atom is 0.387 e. The number of piperidine rings is 1. The standard InChI is InChI=1S/C21H34F2N4O2/c1-16-7-4-5-13-27(16)14-6-11-25-21(24-2)26-12-10-17-8-9-18(28-3)19(15-17)29-20(22)23/h8-9,15-16,20H,4-7,10-14H2,1-3H3,(H2,24,25,26). The minimum absolute atomic E-state index is 0.0504. The molecule has 2 rings (SSSR count). The summed E-state index contributed by atoms with van der Waals surface area (Å²) >= 11 is 0. The molecule has 1 aromatic rings. The second kappa shape index (κ2) is 12.5. The van der Waals surface area contributed by atoms with Crippen molar-refractivity contribution >= 4 is 5.96 Å². The summed E-state index contributed by atoms with van der Waals surface area (Å²) in [5.74, 6) is 1.09. The van der Waals surface area contributed by atoms with E-state index >= 15 is 0 Å². The fourth-order valence-corrected chi connectivity index (χ4v) is 3.59. The van der Waals surface area contributed by atoms with Gasteiger partial charge in [-0.2, -0.15) is 8.78 Å². The van der Waals surface area contributed by atoms with Crippen LogP contribution in [0.15, 0.2) is 23.2 Å². The van der Waals surface area contributed by atoms with E-state index in [2.05, 4.69) is 32.2 Å². The molecule has 0 spiro atoms. The van der Waals surface area contributed by atoms with Crippen LogP contribution in [-0.4, -0.2) is 63.8 Å². The van der Waals surface area contributed by atoms with Crippen LogP contribution < -0.4 is 20.1 Å². The lowest BCUT2D eigenvalue weighted by atomic mass is 10.0. The maximum atomic E-state index is 12.5. The van der Waals surface area contributed by atoms with E-state index in [1.54, 1.807) is 19.2 Å². The summed E-state index contributed by atoms with van der Waals surface area (Å²) in [7, 11) is 3.17. The van der Waals surface area contributed by atoms with Gasteiger partial charge in [-0.15, -0.1) is 0 Å². The smallest absolute Gasteiger partial charge is 0.387 e. The summed E-state index contributed by atoms with van der Waals surface area (Å²) in [6.07, 6.45) is 5.66. The third-order valence-corrected chi connectivity index (χ3v) is 5.23. The zero-order valence-corrected chi connectivity index (χ0v) is 17.7. The van der Waals surface area contributed by atoms with Crippen LogP contribution in [0.3, 0.4) is 0 Å². The number of halogens is 2. The quantitative estimate of drug-likeness (QED) is 0.351. The topological polar surface area (TPSA) is 58.1 Å². The highest BCUT2D eigenvalue weighted by atomic mass is 19.3. The van der Waals surface area contributed by atoms with Crippen molar-refractivity contribution in [2.24, 2.45) is 4.99 Å². The Kier molecular flexibility index (Phi) is 9.97. The molecule has 1 saturated heterocycles. The first kappa shape index (κ1) is 23.2. The first-order chi connectivity index (χ1) is 14.0. The van der Waals surface area contributed by atoms with Gasteiger partial charge in [-0.1, -0.05) is 12.5 Å². The maximum absolute atomic E-state index is 12.5. The normalized spacial score (nSPS) is 18.0. The van der Waals surface area contributed by atoms with E-state index in [-0.39, 0.29) is 5.75 Å². The lowest BCUT2D eigenvalue weighted by molar-refractivity contribution is -0.0512. The first-order valence-corrected chi connectivity index (χ1v) is 10.3. The van der Waals surface area contributed by atoms with Crippen molar-refractivity contribution in [2.75, 3.05) is 40.3 Å². The molecular weight excluding hydrogens is 378 g/mol.